The van der Waals surface area contributed by atoms with E-state index in [4.69, 9.17) is 5.73 Å². The molecule has 18 heavy (non-hydrogen) atoms. The average molecular weight is 256 g/mol. The summed E-state index contributed by atoms with van der Waals surface area (Å²) in [6, 6.07) is 0. The lowest BCUT2D eigenvalue weighted by Gasteiger charge is -2.17. The molecule has 0 aliphatic heterocycles. The molecule has 0 heterocycles. The number of hydrogen-bond acceptors (Lipinski definition) is 3. The zero-order valence-corrected chi connectivity index (χ0v) is 12.0. The Hall–Kier alpha value is -0.570. The first kappa shape index (κ1) is 17.4. The second-order valence-electron chi connectivity index (χ2n) is 5.28. The molecule has 0 aromatic rings. The summed E-state index contributed by atoms with van der Waals surface area (Å²) in [7, 11) is 0. The van der Waals surface area contributed by atoms with Gasteiger partial charge in [0.05, 0.1) is 0 Å². The molecular formula is C15H30NO2-. The number of hydrogen-bond donors (Lipinski definition) is 1. The van der Waals surface area contributed by atoms with Gasteiger partial charge in [0.15, 0.2) is 0 Å². The summed E-state index contributed by atoms with van der Waals surface area (Å²) < 4.78 is 0. The van der Waals surface area contributed by atoms with Crippen molar-refractivity contribution in [2.24, 2.45) is 11.7 Å². The number of aliphatic carboxylic acids is 1. The minimum Gasteiger partial charge on any atom is -0.550 e. The molecule has 0 aliphatic rings. The van der Waals surface area contributed by atoms with Gasteiger partial charge in [0, 0.05) is 5.97 Å². The molecule has 0 spiro atoms. The van der Waals surface area contributed by atoms with E-state index >= 15 is 0 Å². The van der Waals surface area contributed by atoms with Gasteiger partial charge in [-0.25, -0.2) is 0 Å². The average Bonchev–Trinajstić information content (AvgIpc) is 2.33. The highest BCUT2D eigenvalue weighted by Crippen LogP contribution is 2.20. The number of nitrogens with two attached hydrogens (primary N) is 1. The SMILES string of the molecule is CCCCCCCC(CCCCCN)CC(=O)[O-]. The molecule has 0 radical (unpaired) electrons. The van der Waals surface area contributed by atoms with Crippen LogP contribution >= 0.6 is 0 Å². The van der Waals surface area contributed by atoms with Crippen LogP contribution in [-0.2, 0) is 4.79 Å². The maximum atomic E-state index is 10.7. The van der Waals surface area contributed by atoms with Gasteiger partial charge >= 0.3 is 0 Å². The molecule has 0 rings (SSSR count). The smallest absolute Gasteiger partial charge is 0.0417 e. The van der Waals surface area contributed by atoms with Crippen LogP contribution in [0.15, 0.2) is 0 Å². The van der Waals surface area contributed by atoms with E-state index in [1.807, 2.05) is 0 Å². The molecule has 0 aromatic carbocycles. The summed E-state index contributed by atoms with van der Waals surface area (Å²) in [6.45, 7) is 2.94. The molecule has 0 amide bonds. The van der Waals surface area contributed by atoms with Crippen LogP contribution in [0, 0.1) is 5.92 Å². The van der Waals surface area contributed by atoms with Gasteiger partial charge in [-0.3, -0.25) is 0 Å². The van der Waals surface area contributed by atoms with Crippen LogP contribution in [0.25, 0.3) is 0 Å². The molecule has 0 fully saturated rings. The van der Waals surface area contributed by atoms with Gasteiger partial charge in [-0.05, 0) is 25.3 Å². The van der Waals surface area contributed by atoms with Crippen LogP contribution in [0.2, 0.25) is 0 Å². The molecule has 3 heteroatoms. The molecule has 108 valence electrons. The lowest BCUT2D eigenvalue weighted by molar-refractivity contribution is -0.306. The number of carbonyl (C=O) groups is 1. The van der Waals surface area contributed by atoms with Crippen molar-refractivity contribution in [3.63, 3.8) is 0 Å². The highest BCUT2D eigenvalue weighted by molar-refractivity contribution is 5.64. The van der Waals surface area contributed by atoms with Crippen molar-refractivity contribution in [3.05, 3.63) is 0 Å². The summed E-state index contributed by atoms with van der Waals surface area (Å²) in [6.07, 6.45) is 11.8. The van der Waals surface area contributed by atoms with E-state index in [1.54, 1.807) is 0 Å². The van der Waals surface area contributed by atoms with Crippen LogP contribution in [0.3, 0.4) is 0 Å². The molecule has 2 N–H and O–H groups in total. The number of carboxylic acid groups (broad SMARTS) is 1. The van der Waals surface area contributed by atoms with Crippen LogP contribution in [0.5, 0.6) is 0 Å². The molecule has 1 unspecified atom stereocenters. The predicted molar refractivity (Wildman–Crippen MR) is 74.0 cm³/mol. The Bertz CT molecular complexity index is 195. The van der Waals surface area contributed by atoms with Gasteiger partial charge in [0.1, 0.15) is 0 Å². The minimum absolute atomic E-state index is 0.233. The van der Waals surface area contributed by atoms with E-state index in [2.05, 4.69) is 6.92 Å². The van der Waals surface area contributed by atoms with Crippen molar-refractivity contribution in [2.45, 2.75) is 77.6 Å². The monoisotopic (exact) mass is 256 g/mol. The van der Waals surface area contributed by atoms with Gasteiger partial charge in [-0.2, -0.15) is 0 Å². The fourth-order valence-electron chi connectivity index (χ4n) is 2.37. The normalized spacial score (nSPS) is 12.6. The Morgan fingerprint density at radius 2 is 1.56 bits per heavy atom. The van der Waals surface area contributed by atoms with Crippen molar-refractivity contribution in [2.75, 3.05) is 6.54 Å². The summed E-state index contributed by atoms with van der Waals surface area (Å²) in [4.78, 5) is 10.7. The fourth-order valence-corrected chi connectivity index (χ4v) is 2.37. The second kappa shape index (κ2) is 12.9. The van der Waals surface area contributed by atoms with E-state index in [1.165, 1.54) is 25.7 Å². The lowest BCUT2D eigenvalue weighted by atomic mass is 9.92. The van der Waals surface area contributed by atoms with Crippen molar-refractivity contribution in [1.29, 1.82) is 0 Å². The number of unbranched alkanes of at least 4 members (excludes halogenated alkanes) is 6. The van der Waals surface area contributed by atoms with E-state index in [0.717, 1.165) is 45.1 Å². The zero-order valence-electron chi connectivity index (χ0n) is 12.0. The number of carboxylic acids is 1. The highest BCUT2D eigenvalue weighted by Gasteiger charge is 2.08. The van der Waals surface area contributed by atoms with Crippen molar-refractivity contribution in [3.8, 4) is 0 Å². The van der Waals surface area contributed by atoms with Gasteiger partial charge < -0.3 is 15.6 Å². The fraction of sp³-hybridized carbons (Fsp3) is 0.933. The maximum Gasteiger partial charge on any atom is 0.0417 e. The van der Waals surface area contributed by atoms with Crippen LogP contribution in [-0.4, -0.2) is 12.5 Å². The Kier molecular flexibility index (Phi) is 12.5. The van der Waals surface area contributed by atoms with Crippen molar-refractivity contribution >= 4 is 5.97 Å². The Balaban J connectivity index is 3.66. The summed E-state index contributed by atoms with van der Waals surface area (Å²) in [5.41, 5.74) is 5.45. The first-order valence-corrected chi connectivity index (χ1v) is 7.60. The van der Waals surface area contributed by atoms with E-state index in [9.17, 15) is 9.90 Å². The molecule has 0 saturated carbocycles. The number of carbonyl (C=O) groups excluding carboxylic acids is 1. The third kappa shape index (κ3) is 11.9. The standard InChI is InChI=1S/C15H31NO2/c1-2-3-4-5-7-10-14(13-15(17)18)11-8-6-9-12-16/h14H,2-13,16H2,1H3,(H,17,18)/p-1. The van der Waals surface area contributed by atoms with Crippen LogP contribution < -0.4 is 10.8 Å². The second-order valence-corrected chi connectivity index (χ2v) is 5.28. The molecule has 0 aliphatic carbocycles. The van der Waals surface area contributed by atoms with E-state index < -0.39 is 5.97 Å². The van der Waals surface area contributed by atoms with Crippen LogP contribution in [0.4, 0.5) is 0 Å². The maximum absolute atomic E-state index is 10.7. The Labute approximate surface area is 112 Å². The summed E-state index contributed by atoms with van der Waals surface area (Å²) in [5, 5.41) is 10.7. The summed E-state index contributed by atoms with van der Waals surface area (Å²) in [5.74, 6) is -0.582. The Morgan fingerprint density at radius 1 is 1.00 bits per heavy atom. The molecule has 1 atom stereocenters. The highest BCUT2D eigenvalue weighted by atomic mass is 16.4. The number of rotatable bonds is 13. The quantitative estimate of drug-likeness (QED) is 0.515. The van der Waals surface area contributed by atoms with Crippen LogP contribution in [0.1, 0.15) is 77.6 Å². The first-order valence-electron chi connectivity index (χ1n) is 7.60. The third-order valence-electron chi connectivity index (χ3n) is 3.49. The molecular weight excluding hydrogens is 226 g/mol. The summed E-state index contributed by atoms with van der Waals surface area (Å²) >= 11 is 0. The first-order chi connectivity index (χ1) is 8.70. The zero-order chi connectivity index (χ0) is 13.6. The van der Waals surface area contributed by atoms with E-state index in [-0.39, 0.29) is 6.42 Å². The molecule has 0 bridgehead atoms. The van der Waals surface area contributed by atoms with E-state index in [0.29, 0.717) is 5.92 Å². The molecule has 0 aromatic heterocycles. The van der Waals surface area contributed by atoms with Gasteiger partial charge in [-0.1, -0.05) is 64.7 Å². The minimum atomic E-state index is -0.896. The van der Waals surface area contributed by atoms with Crippen molar-refractivity contribution in [1.82, 2.24) is 0 Å². The topological polar surface area (TPSA) is 66.2 Å². The largest absolute Gasteiger partial charge is 0.550 e. The predicted octanol–water partition coefficient (Wildman–Crippen LogP) is 2.62. The van der Waals surface area contributed by atoms with Gasteiger partial charge in [-0.15, -0.1) is 0 Å². The molecule has 3 nitrogen and oxygen atoms in total. The lowest BCUT2D eigenvalue weighted by Crippen LogP contribution is -2.25. The van der Waals surface area contributed by atoms with Gasteiger partial charge in [0.25, 0.3) is 0 Å². The van der Waals surface area contributed by atoms with Crippen molar-refractivity contribution < 1.29 is 9.90 Å². The molecule has 0 saturated heterocycles. The third-order valence-corrected chi connectivity index (χ3v) is 3.49. The van der Waals surface area contributed by atoms with Gasteiger partial charge in [0.2, 0.25) is 0 Å². The Morgan fingerprint density at radius 3 is 2.06 bits per heavy atom.